The minimum absolute atomic E-state index is 0.0463. The van der Waals surface area contributed by atoms with E-state index < -0.39 is 0 Å². The van der Waals surface area contributed by atoms with Gasteiger partial charge in [-0.1, -0.05) is 33.6 Å². The second-order valence-electron chi connectivity index (χ2n) is 5.24. The van der Waals surface area contributed by atoms with Gasteiger partial charge in [0.1, 0.15) is 0 Å². The minimum atomic E-state index is 0.0463. The van der Waals surface area contributed by atoms with E-state index in [0.717, 1.165) is 32.0 Å². The van der Waals surface area contributed by atoms with E-state index in [2.05, 4.69) is 20.8 Å². The molecule has 0 spiro atoms. The highest BCUT2D eigenvalue weighted by atomic mass is 16.5. The average Bonchev–Trinajstić information content (AvgIpc) is 2.52. The number of hydrogen-bond donors (Lipinski definition) is 1. The molecule has 1 saturated carbocycles. The molecule has 1 aliphatic carbocycles. The zero-order valence-electron chi connectivity index (χ0n) is 9.75. The van der Waals surface area contributed by atoms with Crippen LogP contribution in [0.3, 0.4) is 0 Å². The molecule has 2 heteroatoms. The highest BCUT2D eigenvalue weighted by Gasteiger charge is 2.35. The quantitative estimate of drug-likeness (QED) is 0.705. The summed E-state index contributed by atoms with van der Waals surface area (Å²) in [6, 6.07) is 0. The van der Waals surface area contributed by atoms with Gasteiger partial charge in [0.05, 0.1) is 19.3 Å². The monoisotopic (exact) mass is 200 g/mol. The summed E-state index contributed by atoms with van der Waals surface area (Å²) in [5, 5.41) is 8.73. The van der Waals surface area contributed by atoms with Crippen molar-refractivity contribution in [3.05, 3.63) is 0 Å². The van der Waals surface area contributed by atoms with E-state index in [1.807, 2.05) is 0 Å². The molecule has 14 heavy (non-hydrogen) atoms. The van der Waals surface area contributed by atoms with Crippen molar-refractivity contribution in [1.82, 2.24) is 0 Å². The standard InChI is InChI=1S/C7H14O.C5H10O/c1-6(2)7(3)4-8-5-7;6-5-3-1-2-4-5/h6H,4-5H2,1-3H3;5-6H,1-4H2. The van der Waals surface area contributed by atoms with Gasteiger partial charge in [0.2, 0.25) is 0 Å². The highest BCUT2D eigenvalue weighted by Crippen LogP contribution is 2.34. The van der Waals surface area contributed by atoms with E-state index in [1.165, 1.54) is 12.8 Å². The van der Waals surface area contributed by atoms with Gasteiger partial charge in [0, 0.05) is 5.41 Å². The summed E-state index contributed by atoms with van der Waals surface area (Å²) < 4.78 is 5.10. The first kappa shape index (κ1) is 12.0. The van der Waals surface area contributed by atoms with E-state index in [0.29, 0.717) is 5.41 Å². The maximum absolute atomic E-state index is 8.73. The van der Waals surface area contributed by atoms with Crippen molar-refractivity contribution in [2.75, 3.05) is 13.2 Å². The number of hydrogen-bond acceptors (Lipinski definition) is 2. The topological polar surface area (TPSA) is 29.5 Å². The Hall–Kier alpha value is -0.0800. The van der Waals surface area contributed by atoms with Gasteiger partial charge >= 0.3 is 0 Å². The minimum Gasteiger partial charge on any atom is -0.393 e. The molecule has 2 fully saturated rings. The molecule has 1 heterocycles. The summed E-state index contributed by atoms with van der Waals surface area (Å²) in [5.74, 6) is 0.774. The lowest BCUT2D eigenvalue weighted by molar-refractivity contribution is -0.126. The van der Waals surface area contributed by atoms with Gasteiger partial charge in [0.25, 0.3) is 0 Å². The third-order valence-corrected chi connectivity index (χ3v) is 3.58. The Kier molecular flexibility index (Phi) is 4.39. The van der Waals surface area contributed by atoms with Crippen molar-refractivity contribution in [2.45, 2.75) is 52.6 Å². The number of ether oxygens (including phenoxy) is 1. The summed E-state index contributed by atoms with van der Waals surface area (Å²) in [7, 11) is 0. The Labute approximate surface area is 87.7 Å². The number of aliphatic hydroxyl groups excluding tert-OH is 1. The Balaban J connectivity index is 0.000000146. The molecule has 0 radical (unpaired) electrons. The van der Waals surface area contributed by atoms with Crippen LogP contribution in [0.5, 0.6) is 0 Å². The third kappa shape index (κ3) is 3.25. The van der Waals surface area contributed by atoms with Crippen LogP contribution in [0.1, 0.15) is 46.5 Å². The molecule has 1 aliphatic heterocycles. The second-order valence-corrected chi connectivity index (χ2v) is 5.24. The predicted molar refractivity (Wildman–Crippen MR) is 58.2 cm³/mol. The van der Waals surface area contributed by atoms with Crippen LogP contribution in [0.25, 0.3) is 0 Å². The molecule has 0 unspecified atom stereocenters. The molecular formula is C12H24O2. The smallest absolute Gasteiger partial charge is 0.0544 e. The van der Waals surface area contributed by atoms with Crippen molar-refractivity contribution in [1.29, 1.82) is 0 Å². The predicted octanol–water partition coefficient (Wildman–Crippen LogP) is 2.60. The van der Waals surface area contributed by atoms with Crippen LogP contribution in [0.2, 0.25) is 0 Å². The molecule has 0 aromatic rings. The lowest BCUT2D eigenvalue weighted by atomic mass is 9.78. The molecule has 1 saturated heterocycles. The zero-order chi connectivity index (χ0) is 10.6. The van der Waals surface area contributed by atoms with Crippen LogP contribution in [0, 0.1) is 11.3 Å². The fraction of sp³-hybridized carbons (Fsp3) is 1.00. The van der Waals surface area contributed by atoms with Crippen LogP contribution in [0.15, 0.2) is 0 Å². The molecule has 0 amide bonds. The third-order valence-electron chi connectivity index (χ3n) is 3.58. The van der Waals surface area contributed by atoms with E-state index in [-0.39, 0.29) is 6.10 Å². The Morgan fingerprint density at radius 3 is 1.79 bits per heavy atom. The van der Waals surface area contributed by atoms with Gasteiger partial charge in [0.15, 0.2) is 0 Å². The van der Waals surface area contributed by atoms with Crippen LogP contribution in [-0.2, 0) is 4.74 Å². The first-order valence-corrected chi connectivity index (χ1v) is 5.80. The molecule has 0 bridgehead atoms. The van der Waals surface area contributed by atoms with E-state index in [9.17, 15) is 0 Å². The molecule has 2 aliphatic rings. The first-order chi connectivity index (χ1) is 6.54. The van der Waals surface area contributed by atoms with Gasteiger partial charge in [-0.05, 0) is 18.8 Å². The molecule has 2 rings (SSSR count). The highest BCUT2D eigenvalue weighted by molar-refractivity contribution is 4.83. The van der Waals surface area contributed by atoms with Crippen LogP contribution in [0.4, 0.5) is 0 Å². The SMILES string of the molecule is CC(C)C1(C)COC1.OC1CCCC1. The molecule has 2 nitrogen and oxygen atoms in total. The van der Waals surface area contributed by atoms with Gasteiger partial charge < -0.3 is 9.84 Å². The van der Waals surface area contributed by atoms with Crippen molar-refractivity contribution >= 4 is 0 Å². The maximum atomic E-state index is 8.73. The van der Waals surface area contributed by atoms with E-state index in [1.54, 1.807) is 0 Å². The fourth-order valence-corrected chi connectivity index (χ4v) is 1.66. The molecule has 1 N–H and O–H groups in total. The van der Waals surface area contributed by atoms with E-state index in [4.69, 9.17) is 9.84 Å². The zero-order valence-corrected chi connectivity index (χ0v) is 9.75. The van der Waals surface area contributed by atoms with Crippen molar-refractivity contribution < 1.29 is 9.84 Å². The van der Waals surface area contributed by atoms with Gasteiger partial charge in [-0.15, -0.1) is 0 Å². The summed E-state index contributed by atoms with van der Waals surface area (Å²) in [4.78, 5) is 0. The Morgan fingerprint density at radius 1 is 1.21 bits per heavy atom. The molecular weight excluding hydrogens is 176 g/mol. The average molecular weight is 200 g/mol. The molecule has 0 aromatic carbocycles. The molecule has 0 aromatic heterocycles. The Bertz CT molecular complexity index is 156. The Morgan fingerprint density at radius 2 is 1.71 bits per heavy atom. The maximum Gasteiger partial charge on any atom is 0.0544 e. The summed E-state index contributed by atoms with van der Waals surface area (Å²) in [6.45, 7) is 8.71. The first-order valence-electron chi connectivity index (χ1n) is 5.80. The normalized spacial score (nSPS) is 25.5. The van der Waals surface area contributed by atoms with Gasteiger partial charge in [-0.3, -0.25) is 0 Å². The molecule has 84 valence electrons. The second kappa shape index (κ2) is 5.13. The fourth-order valence-electron chi connectivity index (χ4n) is 1.66. The summed E-state index contributed by atoms with van der Waals surface area (Å²) in [5.41, 5.74) is 0.500. The van der Waals surface area contributed by atoms with Crippen molar-refractivity contribution in [3.63, 3.8) is 0 Å². The number of aliphatic hydroxyl groups is 1. The van der Waals surface area contributed by atoms with Crippen molar-refractivity contribution in [2.24, 2.45) is 11.3 Å². The van der Waals surface area contributed by atoms with E-state index >= 15 is 0 Å². The lowest BCUT2D eigenvalue weighted by Crippen LogP contribution is -2.43. The van der Waals surface area contributed by atoms with Crippen LogP contribution >= 0.6 is 0 Å². The summed E-state index contributed by atoms with van der Waals surface area (Å²) >= 11 is 0. The van der Waals surface area contributed by atoms with Crippen molar-refractivity contribution in [3.8, 4) is 0 Å². The van der Waals surface area contributed by atoms with Gasteiger partial charge in [-0.25, -0.2) is 0 Å². The molecule has 0 atom stereocenters. The largest absolute Gasteiger partial charge is 0.393 e. The van der Waals surface area contributed by atoms with Crippen LogP contribution in [-0.4, -0.2) is 24.4 Å². The van der Waals surface area contributed by atoms with Gasteiger partial charge in [-0.2, -0.15) is 0 Å². The lowest BCUT2D eigenvalue weighted by Gasteiger charge is -2.41. The number of rotatable bonds is 1. The summed E-state index contributed by atoms with van der Waals surface area (Å²) in [6.07, 6.45) is 4.60. The van der Waals surface area contributed by atoms with Crippen LogP contribution < -0.4 is 0 Å².